The average molecular weight is 373 g/mol. The molecule has 0 bridgehead atoms. The summed E-state index contributed by atoms with van der Waals surface area (Å²) >= 11 is 0. The fourth-order valence-corrected chi connectivity index (χ4v) is 4.45. The Morgan fingerprint density at radius 2 is 2.11 bits per heavy atom. The van der Waals surface area contributed by atoms with Gasteiger partial charge in [0, 0.05) is 62.7 Å². The number of halogens is 1. The van der Waals surface area contributed by atoms with Gasteiger partial charge in [-0.15, -0.1) is 0 Å². The minimum atomic E-state index is -0.992. The number of carbonyl (C=O) groups is 2. The maximum Gasteiger partial charge on any atom is 0.313 e. The molecule has 0 spiro atoms. The molecule has 1 aromatic heterocycles. The van der Waals surface area contributed by atoms with Crippen LogP contribution in [0, 0.1) is 17.2 Å². The van der Waals surface area contributed by atoms with Crippen LogP contribution in [0.1, 0.15) is 12.6 Å². The molecule has 2 aliphatic rings. The Morgan fingerprint density at radius 3 is 2.78 bits per heavy atom. The summed E-state index contributed by atoms with van der Waals surface area (Å²) < 4.78 is 14.0. The lowest BCUT2D eigenvalue weighted by Gasteiger charge is -2.25. The van der Waals surface area contributed by atoms with Crippen LogP contribution in [0.2, 0.25) is 0 Å². The van der Waals surface area contributed by atoms with Crippen LogP contribution in [0.15, 0.2) is 29.1 Å². The fourth-order valence-electron chi connectivity index (χ4n) is 4.45. The first-order valence-corrected chi connectivity index (χ1v) is 8.82. The number of nitrogens with zero attached hydrogens (tertiary/aromatic N) is 2. The van der Waals surface area contributed by atoms with Crippen molar-refractivity contribution in [3.8, 4) is 0 Å². The first kappa shape index (κ1) is 17.7. The molecule has 4 rings (SSSR count). The number of para-hydroxylation sites is 1. The van der Waals surface area contributed by atoms with E-state index >= 15 is 0 Å². The Kier molecular flexibility index (Phi) is 4.03. The van der Waals surface area contributed by atoms with E-state index in [4.69, 9.17) is 0 Å². The average Bonchev–Trinajstić information content (AvgIpc) is 3.11. The van der Waals surface area contributed by atoms with E-state index in [1.54, 1.807) is 11.0 Å². The van der Waals surface area contributed by atoms with Crippen molar-refractivity contribution in [2.75, 3.05) is 26.2 Å². The quantitative estimate of drug-likeness (QED) is 0.838. The summed E-state index contributed by atoms with van der Waals surface area (Å²) in [5, 5.41) is 10.1. The lowest BCUT2D eigenvalue weighted by atomic mass is 9.81. The van der Waals surface area contributed by atoms with Crippen molar-refractivity contribution in [2.45, 2.75) is 13.5 Å². The van der Waals surface area contributed by atoms with Gasteiger partial charge < -0.3 is 15.0 Å². The molecule has 2 N–H and O–H groups in total. The van der Waals surface area contributed by atoms with Gasteiger partial charge in [0.1, 0.15) is 11.2 Å². The molecule has 1 amide bonds. The second-order valence-corrected chi connectivity index (χ2v) is 7.55. The number of nitrogens with one attached hydrogen (secondary N) is 1. The Balaban J connectivity index is 1.60. The zero-order chi connectivity index (χ0) is 19.3. The van der Waals surface area contributed by atoms with Gasteiger partial charge in [0.25, 0.3) is 0 Å². The highest BCUT2D eigenvalue weighted by Gasteiger charge is 2.58. The van der Waals surface area contributed by atoms with Crippen molar-refractivity contribution in [1.29, 1.82) is 0 Å². The van der Waals surface area contributed by atoms with Gasteiger partial charge in [0.15, 0.2) is 5.43 Å². The molecule has 8 heteroatoms. The van der Waals surface area contributed by atoms with Gasteiger partial charge in [-0.25, -0.2) is 4.39 Å². The second-order valence-electron chi connectivity index (χ2n) is 7.55. The van der Waals surface area contributed by atoms with Gasteiger partial charge in [0.05, 0.1) is 5.52 Å². The van der Waals surface area contributed by atoms with Gasteiger partial charge in [0.2, 0.25) is 5.91 Å². The number of rotatable bonds is 3. The molecular formula is C19H20FN3O4. The molecule has 2 atom stereocenters. The zero-order valence-corrected chi connectivity index (χ0v) is 14.9. The molecule has 2 fully saturated rings. The van der Waals surface area contributed by atoms with Gasteiger partial charge in [-0.1, -0.05) is 6.07 Å². The van der Waals surface area contributed by atoms with Crippen molar-refractivity contribution in [3.63, 3.8) is 0 Å². The monoisotopic (exact) mass is 373 g/mol. The molecule has 142 valence electrons. The van der Waals surface area contributed by atoms with E-state index in [1.165, 1.54) is 25.1 Å². The maximum absolute atomic E-state index is 14.0. The summed E-state index contributed by atoms with van der Waals surface area (Å²) in [6.07, 6.45) is 0. The summed E-state index contributed by atoms with van der Waals surface area (Å²) in [7, 11) is 0. The Hall–Kier alpha value is -2.74. The van der Waals surface area contributed by atoms with Crippen LogP contribution in [0.4, 0.5) is 4.39 Å². The number of benzene rings is 1. The van der Waals surface area contributed by atoms with E-state index in [9.17, 15) is 23.9 Å². The third kappa shape index (κ3) is 2.80. The largest absolute Gasteiger partial charge is 0.481 e. The standard InChI is InChI=1S/C19H20FN3O4/c1-11(24)23-7-12-6-22(9-19(12,10-23)18(26)27)8-13-5-16(25)14-3-2-4-15(20)17(14)21-13/h2-5,12H,6-10H2,1H3,(H,21,25)(H,26,27)/t12-,19-/m1/s1. The predicted octanol–water partition coefficient (Wildman–Crippen LogP) is 1.03. The minimum Gasteiger partial charge on any atom is -0.481 e. The number of carboxylic acids is 1. The van der Waals surface area contributed by atoms with Crippen LogP contribution in [0.25, 0.3) is 10.9 Å². The molecule has 0 unspecified atom stereocenters. The molecule has 0 aliphatic carbocycles. The van der Waals surface area contributed by atoms with Gasteiger partial charge in [-0.2, -0.15) is 0 Å². The second kappa shape index (κ2) is 6.16. The predicted molar refractivity (Wildman–Crippen MR) is 95.6 cm³/mol. The number of aromatic nitrogens is 1. The van der Waals surface area contributed by atoms with Crippen molar-refractivity contribution in [1.82, 2.24) is 14.8 Å². The van der Waals surface area contributed by atoms with Crippen molar-refractivity contribution < 1.29 is 19.1 Å². The van der Waals surface area contributed by atoms with Crippen molar-refractivity contribution in [3.05, 3.63) is 46.0 Å². The van der Waals surface area contributed by atoms with E-state index in [-0.39, 0.29) is 41.2 Å². The third-order valence-electron chi connectivity index (χ3n) is 5.81. The molecule has 2 saturated heterocycles. The molecule has 0 radical (unpaired) electrons. The number of aliphatic carboxylic acids is 1. The molecular weight excluding hydrogens is 353 g/mol. The van der Waals surface area contributed by atoms with Gasteiger partial charge in [-0.3, -0.25) is 19.3 Å². The third-order valence-corrected chi connectivity index (χ3v) is 5.81. The smallest absolute Gasteiger partial charge is 0.313 e. The molecule has 0 saturated carbocycles. The summed E-state index contributed by atoms with van der Waals surface area (Å²) in [4.78, 5) is 42.4. The Labute approximate surface area is 154 Å². The summed E-state index contributed by atoms with van der Waals surface area (Å²) in [6, 6.07) is 5.78. The minimum absolute atomic E-state index is 0.120. The lowest BCUT2D eigenvalue weighted by Crippen LogP contribution is -2.41. The molecule has 3 heterocycles. The van der Waals surface area contributed by atoms with E-state index in [2.05, 4.69) is 4.98 Å². The van der Waals surface area contributed by atoms with Crippen LogP contribution in [0.3, 0.4) is 0 Å². The number of aromatic amines is 1. The molecule has 7 nitrogen and oxygen atoms in total. The summed E-state index contributed by atoms with van der Waals surface area (Å²) in [5.74, 6) is -1.69. The number of hydrogen-bond donors (Lipinski definition) is 2. The molecule has 27 heavy (non-hydrogen) atoms. The number of likely N-dealkylation sites (tertiary alicyclic amines) is 2. The van der Waals surface area contributed by atoms with Gasteiger partial charge >= 0.3 is 5.97 Å². The van der Waals surface area contributed by atoms with Crippen LogP contribution >= 0.6 is 0 Å². The number of hydrogen-bond acceptors (Lipinski definition) is 4. The SMILES string of the molecule is CC(=O)N1C[C@H]2CN(Cc3cc(=O)c4cccc(F)c4[nH]3)C[C@@]2(C(=O)O)C1. The number of carbonyl (C=O) groups excluding carboxylic acids is 1. The number of pyridine rings is 1. The van der Waals surface area contributed by atoms with E-state index in [1.807, 2.05) is 4.90 Å². The molecule has 1 aromatic carbocycles. The number of fused-ring (bicyclic) bond motifs is 2. The Bertz CT molecular complexity index is 1000. The maximum atomic E-state index is 14.0. The normalized spacial score (nSPS) is 25.1. The van der Waals surface area contributed by atoms with Crippen molar-refractivity contribution >= 4 is 22.8 Å². The Morgan fingerprint density at radius 1 is 1.33 bits per heavy atom. The topological polar surface area (TPSA) is 93.7 Å². The number of H-pyrrole nitrogens is 1. The van der Waals surface area contributed by atoms with Gasteiger partial charge in [-0.05, 0) is 12.1 Å². The fraction of sp³-hybridized carbons (Fsp3) is 0.421. The molecule has 2 aliphatic heterocycles. The first-order chi connectivity index (χ1) is 12.8. The lowest BCUT2D eigenvalue weighted by molar-refractivity contribution is -0.149. The van der Waals surface area contributed by atoms with E-state index in [0.29, 0.717) is 25.3 Å². The van der Waals surface area contributed by atoms with E-state index < -0.39 is 17.2 Å². The van der Waals surface area contributed by atoms with Crippen molar-refractivity contribution in [2.24, 2.45) is 11.3 Å². The first-order valence-electron chi connectivity index (χ1n) is 8.82. The van der Waals surface area contributed by atoms with Crippen LogP contribution in [-0.2, 0) is 16.1 Å². The number of amides is 1. The number of carboxylic acid groups (broad SMARTS) is 1. The van der Waals surface area contributed by atoms with Crippen LogP contribution in [0.5, 0.6) is 0 Å². The van der Waals surface area contributed by atoms with E-state index in [0.717, 1.165) is 0 Å². The van der Waals surface area contributed by atoms with Crippen LogP contribution < -0.4 is 5.43 Å². The zero-order valence-electron chi connectivity index (χ0n) is 14.9. The highest BCUT2D eigenvalue weighted by molar-refractivity contribution is 5.81. The highest BCUT2D eigenvalue weighted by atomic mass is 19.1. The molecule has 2 aromatic rings. The summed E-state index contributed by atoms with van der Waals surface area (Å²) in [5.41, 5.74) is -0.557. The summed E-state index contributed by atoms with van der Waals surface area (Å²) in [6.45, 7) is 3.18. The highest BCUT2D eigenvalue weighted by Crippen LogP contribution is 2.43. The van der Waals surface area contributed by atoms with Crippen LogP contribution in [-0.4, -0.2) is 57.9 Å².